The Labute approximate surface area is 188 Å². The largest absolute Gasteiger partial charge is 0.354 e. The maximum Gasteiger partial charge on any atom is 0.255 e. The Kier molecular flexibility index (Phi) is 6.59. The number of likely N-dealkylation sites (tertiary alicyclic amines) is 1. The highest BCUT2D eigenvalue weighted by molar-refractivity contribution is 9.10. The lowest BCUT2D eigenvalue weighted by molar-refractivity contribution is -0.124. The van der Waals surface area contributed by atoms with Crippen molar-refractivity contribution >= 4 is 39.1 Å². The van der Waals surface area contributed by atoms with E-state index in [0.717, 1.165) is 27.2 Å². The molecule has 0 unspecified atom stereocenters. The summed E-state index contributed by atoms with van der Waals surface area (Å²) in [5.74, 6) is -0.196. The van der Waals surface area contributed by atoms with E-state index in [0.29, 0.717) is 31.5 Å². The first-order chi connectivity index (χ1) is 14.6. The number of carbonyl (C=O) groups excluding carboxylic acids is 2. The first-order valence-corrected chi connectivity index (χ1v) is 11.6. The Bertz CT molecular complexity index is 1040. The van der Waals surface area contributed by atoms with E-state index < -0.39 is 6.04 Å². The molecule has 1 N–H and O–H groups in total. The fourth-order valence-electron chi connectivity index (χ4n) is 3.64. The molecule has 2 amide bonds. The molecule has 1 aliphatic heterocycles. The van der Waals surface area contributed by atoms with Crippen LogP contribution in [0, 0.1) is 0 Å². The molecule has 1 aliphatic rings. The van der Waals surface area contributed by atoms with Crippen LogP contribution in [0.5, 0.6) is 0 Å². The molecule has 0 bridgehead atoms. The standard InChI is InChI=1S/C23H22BrN3O2S/c24-19-10-5-4-9-18(19)23(29)27-14-6-11-20(27)21(28)25-13-12-17-15-30-22(26-17)16-7-2-1-3-8-16/h1-5,7-10,15,20H,6,11-14H2,(H,25,28)/t20-/m1/s1. The molecule has 3 aromatic rings. The third kappa shape index (κ3) is 4.63. The number of nitrogens with one attached hydrogen (secondary N) is 1. The van der Waals surface area contributed by atoms with Gasteiger partial charge in [0.25, 0.3) is 5.91 Å². The third-order valence-corrected chi connectivity index (χ3v) is 6.81. The zero-order valence-electron chi connectivity index (χ0n) is 16.4. The number of benzene rings is 2. The molecule has 1 fully saturated rings. The van der Waals surface area contributed by atoms with Crippen molar-refractivity contribution in [1.82, 2.24) is 15.2 Å². The molecule has 30 heavy (non-hydrogen) atoms. The monoisotopic (exact) mass is 483 g/mol. The molecule has 2 aromatic carbocycles. The van der Waals surface area contributed by atoms with Gasteiger partial charge in [-0.1, -0.05) is 42.5 Å². The number of aromatic nitrogens is 1. The van der Waals surface area contributed by atoms with E-state index in [2.05, 4.69) is 26.2 Å². The van der Waals surface area contributed by atoms with E-state index in [4.69, 9.17) is 0 Å². The molecule has 0 spiro atoms. The quantitative estimate of drug-likeness (QED) is 0.559. The number of rotatable bonds is 6. The lowest BCUT2D eigenvalue weighted by Crippen LogP contribution is -2.46. The second kappa shape index (κ2) is 9.53. The topological polar surface area (TPSA) is 62.3 Å². The van der Waals surface area contributed by atoms with Crippen molar-refractivity contribution in [2.24, 2.45) is 0 Å². The summed E-state index contributed by atoms with van der Waals surface area (Å²) in [6.07, 6.45) is 2.19. The normalized spacial score (nSPS) is 15.9. The molecule has 0 aliphatic carbocycles. The van der Waals surface area contributed by atoms with Crippen LogP contribution in [0.3, 0.4) is 0 Å². The highest BCUT2D eigenvalue weighted by Gasteiger charge is 2.34. The molecule has 2 heterocycles. The van der Waals surface area contributed by atoms with E-state index in [1.165, 1.54) is 0 Å². The van der Waals surface area contributed by atoms with Gasteiger partial charge in [-0.15, -0.1) is 11.3 Å². The highest BCUT2D eigenvalue weighted by atomic mass is 79.9. The Morgan fingerprint density at radius 2 is 1.90 bits per heavy atom. The summed E-state index contributed by atoms with van der Waals surface area (Å²) in [6.45, 7) is 1.11. The second-order valence-corrected chi connectivity index (χ2v) is 8.90. The molecule has 0 radical (unpaired) electrons. The van der Waals surface area contributed by atoms with E-state index in [-0.39, 0.29) is 11.8 Å². The fourth-order valence-corrected chi connectivity index (χ4v) is 4.95. The van der Waals surface area contributed by atoms with Crippen molar-refractivity contribution in [3.05, 3.63) is 75.7 Å². The van der Waals surface area contributed by atoms with Crippen LogP contribution >= 0.6 is 27.3 Å². The molecule has 1 atom stereocenters. The van der Waals surface area contributed by atoms with E-state index in [1.54, 1.807) is 22.3 Å². The molecular weight excluding hydrogens is 462 g/mol. The number of halogens is 1. The summed E-state index contributed by atoms with van der Waals surface area (Å²) in [6, 6.07) is 17.0. The molecule has 4 rings (SSSR count). The average Bonchev–Trinajstić information content (AvgIpc) is 3.44. The molecule has 0 saturated carbocycles. The van der Waals surface area contributed by atoms with Crippen LogP contribution in [0.1, 0.15) is 28.9 Å². The van der Waals surface area contributed by atoms with Gasteiger partial charge in [0.1, 0.15) is 11.0 Å². The van der Waals surface area contributed by atoms with Crippen LogP contribution in [0.2, 0.25) is 0 Å². The number of carbonyl (C=O) groups is 2. The van der Waals surface area contributed by atoms with Crippen molar-refractivity contribution in [2.45, 2.75) is 25.3 Å². The summed E-state index contributed by atoms with van der Waals surface area (Å²) in [5, 5.41) is 6.01. The zero-order valence-corrected chi connectivity index (χ0v) is 18.8. The first-order valence-electron chi connectivity index (χ1n) is 9.96. The van der Waals surface area contributed by atoms with E-state index >= 15 is 0 Å². The van der Waals surface area contributed by atoms with Crippen LogP contribution in [-0.4, -0.2) is 40.8 Å². The van der Waals surface area contributed by atoms with Crippen molar-refractivity contribution in [3.8, 4) is 10.6 Å². The van der Waals surface area contributed by atoms with Crippen LogP contribution in [-0.2, 0) is 11.2 Å². The second-order valence-electron chi connectivity index (χ2n) is 7.19. The minimum Gasteiger partial charge on any atom is -0.354 e. The Morgan fingerprint density at radius 1 is 1.13 bits per heavy atom. The van der Waals surface area contributed by atoms with E-state index in [1.807, 2.05) is 53.9 Å². The van der Waals surface area contributed by atoms with Crippen LogP contribution in [0.25, 0.3) is 10.6 Å². The van der Waals surface area contributed by atoms with Gasteiger partial charge < -0.3 is 10.2 Å². The van der Waals surface area contributed by atoms with Gasteiger partial charge in [-0.3, -0.25) is 9.59 Å². The van der Waals surface area contributed by atoms with Gasteiger partial charge in [0.15, 0.2) is 0 Å². The number of hydrogen-bond acceptors (Lipinski definition) is 4. The highest BCUT2D eigenvalue weighted by Crippen LogP contribution is 2.25. The molecule has 7 heteroatoms. The number of amides is 2. The van der Waals surface area contributed by atoms with Crippen molar-refractivity contribution < 1.29 is 9.59 Å². The van der Waals surface area contributed by atoms with Gasteiger partial charge in [-0.25, -0.2) is 4.98 Å². The molecular formula is C23H22BrN3O2S. The predicted molar refractivity (Wildman–Crippen MR) is 122 cm³/mol. The van der Waals surface area contributed by atoms with Crippen molar-refractivity contribution in [1.29, 1.82) is 0 Å². The van der Waals surface area contributed by atoms with Crippen molar-refractivity contribution in [2.75, 3.05) is 13.1 Å². The van der Waals surface area contributed by atoms with Gasteiger partial charge in [0.2, 0.25) is 5.91 Å². The molecule has 154 valence electrons. The summed E-state index contributed by atoms with van der Waals surface area (Å²) in [7, 11) is 0. The Morgan fingerprint density at radius 3 is 2.70 bits per heavy atom. The average molecular weight is 484 g/mol. The van der Waals surface area contributed by atoms with Gasteiger partial charge in [-0.2, -0.15) is 0 Å². The molecule has 5 nitrogen and oxygen atoms in total. The minimum atomic E-state index is -0.417. The van der Waals surface area contributed by atoms with Crippen LogP contribution < -0.4 is 5.32 Å². The Hall–Kier alpha value is -2.51. The number of nitrogens with zero attached hydrogens (tertiary/aromatic N) is 2. The maximum atomic E-state index is 12.9. The van der Waals surface area contributed by atoms with Crippen LogP contribution in [0.15, 0.2) is 64.5 Å². The summed E-state index contributed by atoms with van der Waals surface area (Å²) in [5.41, 5.74) is 2.66. The van der Waals surface area contributed by atoms with Gasteiger partial charge >= 0.3 is 0 Å². The lowest BCUT2D eigenvalue weighted by Gasteiger charge is -2.24. The third-order valence-electron chi connectivity index (χ3n) is 5.17. The summed E-state index contributed by atoms with van der Waals surface area (Å²) < 4.78 is 0.749. The smallest absolute Gasteiger partial charge is 0.255 e. The van der Waals surface area contributed by atoms with E-state index in [9.17, 15) is 9.59 Å². The molecule has 1 aromatic heterocycles. The molecule has 1 saturated heterocycles. The number of hydrogen-bond donors (Lipinski definition) is 1. The van der Waals surface area contributed by atoms with Gasteiger partial charge in [0.05, 0.1) is 11.3 Å². The maximum absolute atomic E-state index is 12.9. The van der Waals surface area contributed by atoms with Gasteiger partial charge in [-0.05, 0) is 40.9 Å². The lowest BCUT2D eigenvalue weighted by atomic mass is 10.1. The predicted octanol–water partition coefficient (Wildman–Crippen LogP) is 4.54. The Balaban J connectivity index is 1.33. The minimum absolute atomic E-state index is 0.0913. The van der Waals surface area contributed by atoms with Crippen molar-refractivity contribution in [3.63, 3.8) is 0 Å². The first kappa shape index (κ1) is 20.8. The zero-order chi connectivity index (χ0) is 20.9. The number of thiazole rings is 1. The summed E-state index contributed by atoms with van der Waals surface area (Å²) >= 11 is 5.04. The van der Waals surface area contributed by atoms with Crippen LogP contribution in [0.4, 0.5) is 0 Å². The SMILES string of the molecule is O=C(NCCc1csc(-c2ccccc2)n1)[C@H]1CCCN1C(=O)c1ccccc1Br. The van der Waals surface area contributed by atoms with Gasteiger partial charge in [0, 0.05) is 34.9 Å². The summed E-state index contributed by atoms with van der Waals surface area (Å²) in [4.78, 5) is 32.0. The fraction of sp³-hybridized carbons (Fsp3) is 0.261.